The highest BCUT2D eigenvalue weighted by molar-refractivity contribution is 6.36. The van der Waals surface area contributed by atoms with E-state index in [9.17, 15) is 9.70 Å². The van der Waals surface area contributed by atoms with Crippen LogP contribution in [0.2, 0.25) is 10.0 Å². The molecule has 0 saturated carbocycles. The molecule has 2 aromatic carbocycles. The minimum atomic E-state index is -0.957. The highest BCUT2D eigenvalue weighted by Gasteiger charge is 2.28. The van der Waals surface area contributed by atoms with Crippen molar-refractivity contribution in [1.82, 2.24) is 15.0 Å². The topological polar surface area (TPSA) is 109 Å². The number of aliphatic hydroxyl groups is 1. The monoisotopic (exact) mass is 441 g/mol. The van der Waals surface area contributed by atoms with Crippen LogP contribution >= 0.6 is 23.2 Å². The second kappa shape index (κ2) is 8.70. The minimum absolute atomic E-state index is 0.00516. The van der Waals surface area contributed by atoms with E-state index in [1.807, 2.05) is 0 Å². The summed E-state index contributed by atoms with van der Waals surface area (Å²) in [4.78, 5) is 33.1. The zero-order valence-electron chi connectivity index (χ0n) is 14.9. The first-order chi connectivity index (χ1) is 13.9. The van der Waals surface area contributed by atoms with Crippen molar-refractivity contribution in [2.75, 3.05) is 18.2 Å². The van der Waals surface area contributed by atoms with Crippen LogP contribution in [0.3, 0.4) is 0 Å². The lowest BCUT2D eigenvalue weighted by atomic mass is 10.1. The van der Waals surface area contributed by atoms with Gasteiger partial charge in [-0.2, -0.15) is 5.01 Å². The Morgan fingerprint density at radius 2 is 2.17 bits per heavy atom. The third kappa shape index (κ3) is 4.01. The lowest BCUT2D eigenvalue weighted by molar-refractivity contribution is 0.0168. The Morgan fingerprint density at radius 1 is 1.41 bits per heavy atom. The van der Waals surface area contributed by atoms with Crippen LogP contribution in [0.25, 0.3) is 11.0 Å². The highest BCUT2D eigenvalue weighted by atomic mass is 35.5. The smallest absolute Gasteiger partial charge is 0.277 e. The van der Waals surface area contributed by atoms with E-state index in [2.05, 4.69) is 15.7 Å². The number of nitroso groups, excluding NO2 is 1. The minimum Gasteiger partial charge on any atom is -0.394 e. The summed E-state index contributed by atoms with van der Waals surface area (Å²) >= 11 is 12.0. The number of fused-ring (bicyclic) bond motifs is 1. The van der Waals surface area contributed by atoms with Crippen LogP contribution in [-0.2, 0) is 11.9 Å². The maximum absolute atomic E-state index is 15.4. The third-order valence-corrected chi connectivity index (χ3v) is 4.51. The molecule has 0 bridgehead atoms. The van der Waals surface area contributed by atoms with Crippen molar-refractivity contribution in [2.45, 2.75) is 0 Å². The van der Waals surface area contributed by atoms with Crippen LogP contribution < -0.4 is 10.5 Å². The third-order valence-electron chi connectivity index (χ3n) is 3.97. The fraction of sp³-hybridized carbons (Fsp3) is 0.176. The molecule has 3 rings (SSSR count). The summed E-state index contributed by atoms with van der Waals surface area (Å²) in [7, 11) is 1.62. The molecule has 0 aliphatic rings. The molecular weight excluding hydrogens is 428 g/mol. The first-order valence-corrected chi connectivity index (χ1v) is 8.89. The van der Waals surface area contributed by atoms with Crippen LogP contribution in [0.4, 0.5) is 15.8 Å². The zero-order chi connectivity index (χ0) is 21.1. The summed E-state index contributed by atoms with van der Waals surface area (Å²) in [6, 6.07) is 5.47. The van der Waals surface area contributed by atoms with Gasteiger partial charge in [-0.1, -0.05) is 23.2 Å². The molecular formula is C17H14Cl2FN5O4. The first-order valence-electron chi connectivity index (χ1n) is 8.14. The van der Waals surface area contributed by atoms with E-state index in [4.69, 9.17) is 33.1 Å². The standard InChI is InChI=1S/C17H14Cl2FN5O4/c1-24-8-21-15-13(24)7-10(17(27)22-29-5-4-26)16(14(15)20)25(23-28)12-3-2-9(18)6-11(12)19/h2-3,6-8,26H,4-5H2,1H3,(H,22,27). The van der Waals surface area contributed by atoms with Crippen molar-refractivity contribution < 1.29 is 19.1 Å². The molecule has 0 spiro atoms. The summed E-state index contributed by atoms with van der Waals surface area (Å²) < 4.78 is 16.9. The lowest BCUT2D eigenvalue weighted by Crippen LogP contribution is -2.27. The quantitative estimate of drug-likeness (QED) is 0.330. The van der Waals surface area contributed by atoms with Crippen molar-refractivity contribution in [3.05, 3.63) is 56.9 Å². The Kier molecular flexibility index (Phi) is 6.28. The van der Waals surface area contributed by atoms with E-state index >= 15 is 4.39 Å². The van der Waals surface area contributed by atoms with Crippen molar-refractivity contribution >= 4 is 51.5 Å². The van der Waals surface area contributed by atoms with Gasteiger partial charge in [-0.15, -0.1) is 4.91 Å². The summed E-state index contributed by atoms with van der Waals surface area (Å²) in [6.07, 6.45) is 1.36. The van der Waals surface area contributed by atoms with Gasteiger partial charge in [-0.25, -0.2) is 14.9 Å². The van der Waals surface area contributed by atoms with E-state index in [0.717, 1.165) is 0 Å². The van der Waals surface area contributed by atoms with Crippen LogP contribution in [0, 0.1) is 10.7 Å². The second-order valence-corrected chi connectivity index (χ2v) is 6.65. The van der Waals surface area contributed by atoms with E-state index in [1.165, 1.54) is 35.2 Å². The average molecular weight is 442 g/mol. The Hall–Kier alpha value is -2.79. The Labute approximate surface area is 173 Å². The molecule has 29 heavy (non-hydrogen) atoms. The number of anilines is 2. The van der Waals surface area contributed by atoms with Gasteiger partial charge in [0.1, 0.15) is 11.2 Å². The van der Waals surface area contributed by atoms with Crippen LogP contribution in [-0.4, -0.2) is 33.8 Å². The van der Waals surface area contributed by atoms with Crippen LogP contribution in [0.1, 0.15) is 10.4 Å². The number of amides is 1. The number of imidazole rings is 1. The van der Waals surface area contributed by atoms with Crippen molar-refractivity contribution in [3.63, 3.8) is 0 Å². The van der Waals surface area contributed by atoms with Crippen molar-refractivity contribution in [2.24, 2.45) is 12.3 Å². The number of nitrogens with zero attached hydrogens (tertiary/aromatic N) is 4. The number of carbonyl (C=O) groups is 1. The summed E-state index contributed by atoms with van der Waals surface area (Å²) in [5, 5.41) is 12.6. The Morgan fingerprint density at radius 3 is 2.83 bits per heavy atom. The van der Waals surface area contributed by atoms with Gasteiger partial charge < -0.3 is 9.67 Å². The number of benzene rings is 2. The molecule has 0 radical (unpaired) electrons. The lowest BCUT2D eigenvalue weighted by Gasteiger charge is -2.21. The van der Waals surface area contributed by atoms with Crippen molar-refractivity contribution in [1.29, 1.82) is 0 Å². The summed E-state index contributed by atoms with van der Waals surface area (Å²) in [5.41, 5.74) is 1.57. The normalized spacial score (nSPS) is 10.9. The first kappa shape index (κ1) is 20.9. The number of hydrogen-bond acceptors (Lipinski definition) is 6. The van der Waals surface area contributed by atoms with E-state index in [1.54, 1.807) is 7.05 Å². The molecule has 9 nitrogen and oxygen atoms in total. The number of hydroxylamine groups is 1. The van der Waals surface area contributed by atoms with E-state index in [0.29, 0.717) is 15.5 Å². The molecule has 3 aromatic rings. The average Bonchev–Trinajstić information content (AvgIpc) is 3.06. The van der Waals surface area contributed by atoms with Gasteiger partial charge in [0.05, 0.1) is 46.6 Å². The fourth-order valence-electron chi connectivity index (χ4n) is 2.67. The maximum Gasteiger partial charge on any atom is 0.277 e. The largest absolute Gasteiger partial charge is 0.394 e. The Balaban J connectivity index is 2.22. The number of rotatable bonds is 7. The van der Waals surface area contributed by atoms with Gasteiger partial charge in [0.2, 0.25) is 0 Å². The van der Waals surface area contributed by atoms with Gasteiger partial charge in [-0.3, -0.25) is 9.63 Å². The molecule has 1 aromatic heterocycles. The van der Waals surface area contributed by atoms with Crippen LogP contribution in [0.5, 0.6) is 0 Å². The number of hydrogen-bond donors (Lipinski definition) is 2. The number of carbonyl (C=O) groups excluding carboxylic acids is 1. The Bertz CT molecular complexity index is 1090. The van der Waals surface area contributed by atoms with Crippen LogP contribution in [0.15, 0.2) is 35.9 Å². The molecule has 0 atom stereocenters. The molecule has 152 valence electrons. The molecule has 12 heteroatoms. The number of nitrogens with one attached hydrogen (secondary N) is 1. The zero-order valence-corrected chi connectivity index (χ0v) is 16.4. The molecule has 2 N–H and O–H groups in total. The highest BCUT2D eigenvalue weighted by Crippen LogP contribution is 2.39. The number of aliphatic hydroxyl groups excluding tert-OH is 1. The molecule has 0 aliphatic carbocycles. The molecule has 1 amide bonds. The summed E-state index contributed by atoms with van der Waals surface area (Å²) in [5.74, 6) is -1.82. The van der Waals surface area contributed by atoms with Gasteiger partial charge in [0.25, 0.3) is 5.91 Å². The second-order valence-electron chi connectivity index (χ2n) is 5.80. The SMILES string of the molecule is Cn1cnc2c(F)c(N(N=O)c3ccc(Cl)cc3Cl)c(C(=O)NOCCO)cc21. The number of halogens is 3. The predicted octanol–water partition coefficient (Wildman–Crippen LogP) is 3.49. The van der Waals surface area contributed by atoms with Crippen molar-refractivity contribution in [3.8, 4) is 0 Å². The molecule has 0 unspecified atom stereocenters. The fourth-order valence-corrected chi connectivity index (χ4v) is 3.16. The summed E-state index contributed by atoms with van der Waals surface area (Å²) in [6.45, 7) is -0.527. The molecule has 0 fully saturated rings. The van der Waals surface area contributed by atoms with E-state index < -0.39 is 17.4 Å². The maximum atomic E-state index is 15.4. The van der Waals surface area contributed by atoms with Gasteiger partial charge in [0, 0.05) is 12.1 Å². The molecule has 1 heterocycles. The van der Waals surface area contributed by atoms with E-state index in [-0.39, 0.29) is 35.0 Å². The van der Waals surface area contributed by atoms with Gasteiger partial charge in [0.15, 0.2) is 5.82 Å². The van der Waals surface area contributed by atoms with Gasteiger partial charge in [-0.05, 0) is 24.3 Å². The number of aryl methyl sites for hydroxylation is 1. The predicted molar refractivity (Wildman–Crippen MR) is 106 cm³/mol. The number of aromatic nitrogens is 2. The van der Waals surface area contributed by atoms with Gasteiger partial charge >= 0.3 is 0 Å². The molecule has 0 saturated heterocycles. The molecule has 0 aliphatic heterocycles.